The van der Waals surface area contributed by atoms with Crippen LogP contribution in [0, 0.1) is 11.8 Å². The van der Waals surface area contributed by atoms with Gasteiger partial charge in [-0.1, -0.05) is 43.9 Å². The Morgan fingerprint density at radius 2 is 2.00 bits per heavy atom. The van der Waals surface area contributed by atoms with Crippen LogP contribution < -0.4 is 4.84 Å². The maximum absolute atomic E-state index is 11.4. The molecule has 0 aliphatic heterocycles. The first-order valence-corrected chi connectivity index (χ1v) is 7.37. The number of para-hydroxylation sites is 1. The van der Waals surface area contributed by atoms with E-state index >= 15 is 0 Å². The third-order valence-electron chi connectivity index (χ3n) is 3.93. The number of rotatable bonds is 8. The molecule has 0 aromatic heterocycles. The van der Waals surface area contributed by atoms with E-state index < -0.39 is 11.9 Å². The lowest BCUT2D eigenvalue weighted by atomic mass is 9.93. The van der Waals surface area contributed by atoms with E-state index in [-0.39, 0.29) is 6.54 Å². The minimum absolute atomic E-state index is 0.0736. The number of hydrogen-bond acceptors (Lipinski definition) is 3. The van der Waals surface area contributed by atoms with Gasteiger partial charge in [-0.2, -0.15) is 5.06 Å². The van der Waals surface area contributed by atoms with Crippen LogP contribution in [-0.2, 0) is 9.59 Å². The molecule has 21 heavy (non-hydrogen) atoms. The summed E-state index contributed by atoms with van der Waals surface area (Å²) in [6.07, 6.45) is 5.67. The molecule has 0 bridgehead atoms. The average Bonchev–Trinajstić information content (AvgIpc) is 2.99. The van der Waals surface area contributed by atoms with Gasteiger partial charge in [-0.05, 0) is 24.5 Å². The van der Waals surface area contributed by atoms with E-state index in [1.54, 1.807) is 24.3 Å². The quantitative estimate of drug-likeness (QED) is 0.590. The maximum Gasteiger partial charge on any atom is 0.308 e. The van der Waals surface area contributed by atoms with Gasteiger partial charge in [-0.3, -0.25) is 9.59 Å². The first-order chi connectivity index (χ1) is 10.2. The Balaban J connectivity index is 1.93. The van der Waals surface area contributed by atoms with Crippen molar-refractivity contribution in [1.82, 2.24) is 5.06 Å². The van der Waals surface area contributed by atoms with Crippen molar-refractivity contribution in [3.8, 4) is 5.75 Å². The van der Waals surface area contributed by atoms with Gasteiger partial charge in [-0.15, -0.1) is 0 Å². The second-order valence-electron chi connectivity index (χ2n) is 5.53. The minimum Gasteiger partial charge on any atom is -0.481 e. The molecule has 1 aromatic carbocycles. The monoisotopic (exact) mass is 291 g/mol. The molecule has 1 N–H and O–H groups in total. The van der Waals surface area contributed by atoms with Gasteiger partial charge in [0.1, 0.15) is 0 Å². The number of carbonyl (C=O) groups excluding carboxylic acids is 1. The van der Waals surface area contributed by atoms with Crippen LogP contribution in [0.15, 0.2) is 30.3 Å². The highest BCUT2D eigenvalue weighted by Crippen LogP contribution is 2.30. The Kier molecular flexibility index (Phi) is 5.60. The summed E-state index contributed by atoms with van der Waals surface area (Å²) < 4.78 is 0. The molecule has 1 aliphatic rings. The summed E-state index contributed by atoms with van der Waals surface area (Å²) in [5.74, 6) is -0.474. The molecule has 1 aliphatic carbocycles. The molecule has 1 unspecified atom stereocenters. The van der Waals surface area contributed by atoms with Crippen molar-refractivity contribution in [3.05, 3.63) is 30.3 Å². The number of carbonyl (C=O) groups is 2. The molecule has 5 nitrogen and oxygen atoms in total. The normalized spacial score (nSPS) is 16.4. The standard InChI is InChI=1S/C16H21NO4/c18-12-17(21-15-8-2-1-3-9-15)11-14(16(19)20)10-13-6-4-5-7-13/h1-3,8-9,12-14H,4-7,10-11H2,(H,19,20). The fourth-order valence-corrected chi connectivity index (χ4v) is 2.84. The lowest BCUT2D eigenvalue weighted by Crippen LogP contribution is -2.35. The Hall–Kier alpha value is -2.04. The van der Waals surface area contributed by atoms with Crippen LogP contribution in [0.4, 0.5) is 0 Å². The predicted molar refractivity (Wildman–Crippen MR) is 77.5 cm³/mol. The second-order valence-corrected chi connectivity index (χ2v) is 5.53. The summed E-state index contributed by atoms with van der Waals surface area (Å²) in [6, 6.07) is 8.89. The van der Waals surface area contributed by atoms with Crippen molar-refractivity contribution < 1.29 is 19.5 Å². The molecule has 1 saturated carbocycles. The van der Waals surface area contributed by atoms with E-state index in [0.717, 1.165) is 17.9 Å². The van der Waals surface area contributed by atoms with Crippen molar-refractivity contribution in [2.24, 2.45) is 11.8 Å². The van der Waals surface area contributed by atoms with Crippen LogP contribution in [0.25, 0.3) is 0 Å². The van der Waals surface area contributed by atoms with E-state index in [1.807, 2.05) is 6.07 Å². The largest absolute Gasteiger partial charge is 0.481 e. The number of benzene rings is 1. The summed E-state index contributed by atoms with van der Waals surface area (Å²) in [6.45, 7) is 0.0736. The molecule has 5 heteroatoms. The van der Waals surface area contributed by atoms with E-state index in [4.69, 9.17) is 4.84 Å². The summed E-state index contributed by atoms with van der Waals surface area (Å²) in [4.78, 5) is 27.9. The van der Waals surface area contributed by atoms with E-state index in [9.17, 15) is 14.7 Å². The molecule has 2 rings (SSSR count). The summed E-state index contributed by atoms with van der Waals surface area (Å²) in [5, 5.41) is 10.4. The predicted octanol–water partition coefficient (Wildman–Crippen LogP) is 2.72. The van der Waals surface area contributed by atoms with Gasteiger partial charge in [-0.25, -0.2) is 0 Å². The zero-order valence-corrected chi connectivity index (χ0v) is 12.0. The Bertz CT molecular complexity index is 457. The third-order valence-corrected chi connectivity index (χ3v) is 3.93. The first kappa shape index (κ1) is 15.4. The van der Waals surface area contributed by atoms with Crippen molar-refractivity contribution in [3.63, 3.8) is 0 Å². The summed E-state index contributed by atoms with van der Waals surface area (Å²) in [5.41, 5.74) is 0. The zero-order chi connectivity index (χ0) is 15.1. The molecular formula is C16H21NO4. The van der Waals surface area contributed by atoms with Crippen molar-refractivity contribution >= 4 is 12.4 Å². The van der Waals surface area contributed by atoms with Gasteiger partial charge < -0.3 is 9.94 Å². The number of carboxylic acid groups (broad SMARTS) is 1. The SMILES string of the molecule is O=CN(CC(CC1CCCC1)C(=O)O)Oc1ccccc1. The van der Waals surface area contributed by atoms with Gasteiger partial charge in [0.05, 0.1) is 12.5 Å². The molecule has 0 radical (unpaired) electrons. The van der Waals surface area contributed by atoms with Gasteiger partial charge in [0, 0.05) is 0 Å². The summed E-state index contributed by atoms with van der Waals surface area (Å²) in [7, 11) is 0. The highest BCUT2D eigenvalue weighted by atomic mass is 16.7. The minimum atomic E-state index is -0.870. The highest BCUT2D eigenvalue weighted by Gasteiger charge is 2.27. The molecular weight excluding hydrogens is 270 g/mol. The van der Waals surface area contributed by atoms with Gasteiger partial charge in [0.15, 0.2) is 5.75 Å². The van der Waals surface area contributed by atoms with Crippen molar-refractivity contribution in [2.75, 3.05) is 6.54 Å². The topological polar surface area (TPSA) is 66.8 Å². The van der Waals surface area contributed by atoms with E-state index in [2.05, 4.69) is 0 Å². The van der Waals surface area contributed by atoms with Crippen LogP contribution >= 0.6 is 0 Å². The number of aliphatic carboxylic acids is 1. The van der Waals surface area contributed by atoms with E-state index in [1.165, 1.54) is 12.8 Å². The van der Waals surface area contributed by atoms with Crippen molar-refractivity contribution in [1.29, 1.82) is 0 Å². The second kappa shape index (κ2) is 7.67. The first-order valence-electron chi connectivity index (χ1n) is 7.37. The summed E-state index contributed by atoms with van der Waals surface area (Å²) >= 11 is 0. The fourth-order valence-electron chi connectivity index (χ4n) is 2.84. The van der Waals surface area contributed by atoms with Gasteiger partial charge in [0.2, 0.25) is 6.41 Å². The maximum atomic E-state index is 11.4. The van der Waals surface area contributed by atoms with Crippen LogP contribution in [0.5, 0.6) is 5.75 Å². The van der Waals surface area contributed by atoms with Crippen LogP contribution in [0.2, 0.25) is 0 Å². The Morgan fingerprint density at radius 1 is 1.33 bits per heavy atom. The molecule has 0 heterocycles. The van der Waals surface area contributed by atoms with Crippen LogP contribution in [0.1, 0.15) is 32.1 Å². The van der Waals surface area contributed by atoms with Crippen molar-refractivity contribution in [2.45, 2.75) is 32.1 Å². The number of nitrogens with zero attached hydrogens (tertiary/aromatic N) is 1. The molecule has 1 aromatic rings. The smallest absolute Gasteiger partial charge is 0.308 e. The van der Waals surface area contributed by atoms with Crippen LogP contribution in [0.3, 0.4) is 0 Å². The van der Waals surface area contributed by atoms with E-state index in [0.29, 0.717) is 24.5 Å². The lowest BCUT2D eigenvalue weighted by molar-refractivity contribution is -0.153. The molecule has 1 fully saturated rings. The molecule has 0 saturated heterocycles. The average molecular weight is 291 g/mol. The lowest BCUT2D eigenvalue weighted by Gasteiger charge is -2.23. The third kappa shape index (κ3) is 4.77. The Labute approximate surface area is 124 Å². The Morgan fingerprint density at radius 3 is 2.57 bits per heavy atom. The highest BCUT2D eigenvalue weighted by molar-refractivity contribution is 5.70. The molecule has 114 valence electrons. The van der Waals surface area contributed by atoms with Gasteiger partial charge >= 0.3 is 5.97 Å². The number of carboxylic acids is 1. The molecule has 1 amide bonds. The molecule has 0 spiro atoms. The van der Waals surface area contributed by atoms with Crippen LogP contribution in [-0.4, -0.2) is 29.1 Å². The number of amides is 1. The fraction of sp³-hybridized carbons (Fsp3) is 0.500. The zero-order valence-electron chi connectivity index (χ0n) is 12.0. The van der Waals surface area contributed by atoms with Gasteiger partial charge in [0.25, 0.3) is 0 Å². The number of hydrogen-bond donors (Lipinski definition) is 1. The number of hydroxylamine groups is 2. The molecule has 1 atom stereocenters.